The van der Waals surface area contributed by atoms with Gasteiger partial charge in [-0.1, -0.05) is 19.9 Å². The number of fused-ring (bicyclic) bond motifs is 1. The molecule has 170 valence electrons. The molecule has 1 aromatic rings. The molecule has 0 amide bonds. The van der Waals surface area contributed by atoms with Gasteiger partial charge in [-0.2, -0.15) is 0 Å². The number of nitrogens with zero attached hydrogens (tertiary/aromatic N) is 1. The highest BCUT2D eigenvalue weighted by molar-refractivity contribution is 5.41. The molecule has 3 N–H and O–H groups in total. The molecule has 30 heavy (non-hydrogen) atoms. The standard InChI is InChI=1S/C16H30N2O.C9H12O2/c1-3-17-15-6-8-16(19)12(2)18(11-13-4-5-13)9-7-14(16)10-15;1-3-7-4-5-8(10)9(6-7)11-2/h12-15,17,19H,3-11H2,1-2H3;4-6,10H,3H2,1-2H3/t12-,14?,15?,16?;/m1./s1. The number of piperidine rings is 1. The van der Waals surface area contributed by atoms with Crippen LogP contribution in [-0.4, -0.2) is 59.5 Å². The molecule has 0 bridgehead atoms. The Bertz CT molecular complexity index is 678. The van der Waals surface area contributed by atoms with Gasteiger partial charge >= 0.3 is 0 Å². The van der Waals surface area contributed by atoms with Gasteiger partial charge in [0.25, 0.3) is 0 Å². The lowest BCUT2D eigenvalue weighted by molar-refractivity contribution is -0.140. The molecule has 3 aliphatic rings. The average Bonchev–Trinajstić information content (AvgIpc) is 3.57. The van der Waals surface area contributed by atoms with Crippen LogP contribution in [0.3, 0.4) is 0 Å². The van der Waals surface area contributed by atoms with Crippen LogP contribution >= 0.6 is 0 Å². The molecular formula is C25H42N2O3. The summed E-state index contributed by atoms with van der Waals surface area (Å²) in [6.45, 7) is 9.99. The predicted molar refractivity (Wildman–Crippen MR) is 122 cm³/mol. The topological polar surface area (TPSA) is 65.0 Å². The average molecular weight is 419 g/mol. The van der Waals surface area contributed by atoms with Crippen LogP contribution in [0.15, 0.2) is 18.2 Å². The molecule has 1 heterocycles. The fraction of sp³-hybridized carbons (Fsp3) is 0.760. The molecule has 0 aromatic heterocycles. The molecule has 1 saturated heterocycles. The summed E-state index contributed by atoms with van der Waals surface area (Å²) in [5.74, 6) is 2.19. The van der Waals surface area contributed by atoms with Gasteiger partial charge in [-0.15, -0.1) is 0 Å². The zero-order valence-corrected chi connectivity index (χ0v) is 19.4. The first kappa shape index (κ1) is 23.4. The second-order valence-corrected chi connectivity index (χ2v) is 9.48. The fourth-order valence-electron chi connectivity index (χ4n) is 5.32. The quantitative estimate of drug-likeness (QED) is 0.653. The highest BCUT2D eigenvalue weighted by Gasteiger charge is 2.50. The number of benzene rings is 1. The molecule has 4 rings (SSSR count). The van der Waals surface area contributed by atoms with Crippen molar-refractivity contribution in [3.05, 3.63) is 23.8 Å². The second-order valence-electron chi connectivity index (χ2n) is 9.48. The van der Waals surface area contributed by atoms with Gasteiger partial charge in [-0.25, -0.2) is 0 Å². The number of likely N-dealkylation sites (tertiary alicyclic amines) is 1. The smallest absolute Gasteiger partial charge is 0.160 e. The lowest BCUT2D eigenvalue weighted by Gasteiger charge is -2.54. The Morgan fingerprint density at radius 2 is 1.97 bits per heavy atom. The van der Waals surface area contributed by atoms with E-state index in [2.05, 4.69) is 31.0 Å². The summed E-state index contributed by atoms with van der Waals surface area (Å²) in [5.41, 5.74) is 0.749. The molecule has 1 aliphatic heterocycles. The third-order valence-corrected chi connectivity index (χ3v) is 7.54. The molecule has 5 heteroatoms. The largest absolute Gasteiger partial charge is 0.504 e. The van der Waals surface area contributed by atoms with Gasteiger partial charge in [-0.05, 0) is 94.5 Å². The summed E-state index contributed by atoms with van der Waals surface area (Å²) in [5, 5.41) is 24.0. The van der Waals surface area contributed by atoms with Crippen LogP contribution in [0, 0.1) is 11.8 Å². The minimum atomic E-state index is -0.418. The molecular weight excluding hydrogens is 376 g/mol. The van der Waals surface area contributed by atoms with E-state index in [-0.39, 0.29) is 5.75 Å². The number of aryl methyl sites for hydroxylation is 1. The van der Waals surface area contributed by atoms with Crippen molar-refractivity contribution in [1.82, 2.24) is 10.2 Å². The van der Waals surface area contributed by atoms with Crippen LogP contribution in [0.4, 0.5) is 0 Å². The van der Waals surface area contributed by atoms with Crippen LogP contribution in [0.2, 0.25) is 0 Å². The lowest BCUT2D eigenvalue weighted by atomic mass is 9.66. The Hall–Kier alpha value is -1.30. The number of nitrogens with one attached hydrogen (secondary N) is 1. The van der Waals surface area contributed by atoms with E-state index in [1.54, 1.807) is 13.2 Å². The van der Waals surface area contributed by atoms with E-state index in [9.17, 15) is 10.2 Å². The number of phenolic OH excluding ortho intramolecular Hbond substituents is 1. The Kier molecular flexibility index (Phi) is 8.05. The van der Waals surface area contributed by atoms with Crippen molar-refractivity contribution in [3.63, 3.8) is 0 Å². The van der Waals surface area contributed by atoms with E-state index in [1.807, 2.05) is 12.1 Å². The first-order valence-corrected chi connectivity index (χ1v) is 12.0. The van der Waals surface area contributed by atoms with Crippen molar-refractivity contribution in [2.24, 2.45) is 11.8 Å². The monoisotopic (exact) mass is 418 g/mol. The number of phenols is 1. The van der Waals surface area contributed by atoms with Crippen LogP contribution in [0.25, 0.3) is 0 Å². The van der Waals surface area contributed by atoms with Crippen molar-refractivity contribution in [3.8, 4) is 11.5 Å². The first-order valence-electron chi connectivity index (χ1n) is 12.0. The van der Waals surface area contributed by atoms with E-state index in [1.165, 1.54) is 44.3 Å². The van der Waals surface area contributed by atoms with Gasteiger partial charge in [-0.3, -0.25) is 4.90 Å². The fourth-order valence-corrected chi connectivity index (χ4v) is 5.32. The summed E-state index contributed by atoms with van der Waals surface area (Å²) < 4.78 is 4.94. The minimum Gasteiger partial charge on any atom is -0.504 e. The normalized spacial score (nSPS) is 31.4. The Labute approximate surface area is 182 Å². The van der Waals surface area contributed by atoms with E-state index >= 15 is 0 Å². The van der Waals surface area contributed by atoms with Crippen molar-refractivity contribution < 1.29 is 14.9 Å². The molecule has 0 spiro atoms. The highest BCUT2D eigenvalue weighted by Crippen LogP contribution is 2.44. The molecule has 2 saturated carbocycles. The van der Waals surface area contributed by atoms with Crippen LogP contribution in [-0.2, 0) is 6.42 Å². The minimum absolute atomic E-state index is 0.199. The Morgan fingerprint density at radius 3 is 2.60 bits per heavy atom. The molecule has 3 unspecified atom stereocenters. The van der Waals surface area contributed by atoms with E-state index < -0.39 is 5.60 Å². The summed E-state index contributed by atoms with van der Waals surface area (Å²) in [6.07, 6.45) is 8.26. The van der Waals surface area contributed by atoms with Crippen molar-refractivity contribution in [2.75, 3.05) is 26.7 Å². The number of aliphatic hydroxyl groups is 1. The maximum absolute atomic E-state index is 11.2. The first-order chi connectivity index (χ1) is 14.4. The summed E-state index contributed by atoms with van der Waals surface area (Å²) in [6, 6.07) is 6.37. The lowest BCUT2D eigenvalue weighted by Crippen LogP contribution is -2.63. The molecule has 4 atom stereocenters. The SMILES string of the molecule is CCNC1CCC2(O)C(CCN(CC3CC3)[C@@H]2C)C1.CCc1ccc(O)c(OC)c1. The number of methoxy groups -OCH3 is 1. The number of aromatic hydroxyl groups is 1. The molecule has 3 fully saturated rings. The van der Waals surface area contributed by atoms with E-state index in [0.717, 1.165) is 31.7 Å². The number of rotatable bonds is 6. The summed E-state index contributed by atoms with van der Waals surface area (Å²) in [4.78, 5) is 2.57. The molecule has 2 aliphatic carbocycles. The van der Waals surface area contributed by atoms with Gasteiger partial charge in [0.15, 0.2) is 11.5 Å². The van der Waals surface area contributed by atoms with Gasteiger partial charge in [0.1, 0.15) is 0 Å². The zero-order chi connectivity index (χ0) is 21.7. The van der Waals surface area contributed by atoms with Crippen molar-refractivity contribution in [2.45, 2.75) is 83.4 Å². The summed E-state index contributed by atoms with van der Waals surface area (Å²) in [7, 11) is 1.55. The second kappa shape index (κ2) is 10.3. The number of ether oxygens (including phenoxy) is 1. The molecule has 1 aromatic carbocycles. The van der Waals surface area contributed by atoms with Gasteiger partial charge in [0, 0.05) is 18.6 Å². The third-order valence-electron chi connectivity index (χ3n) is 7.54. The van der Waals surface area contributed by atoms with Crippen LogP contribution in [0.5, 0.6) is 11.5 Å². The maximum atomic E-state index is 11.2. The van der Waals surface area contributed by atoms with Crippen molar-refractivity contribution >= 4 is 0 Å². The van der Waals surface area contributed by atoms with Crippen LogP contribution in [0.1, 0.15) is 64.9 Å². The van der Waals surface area contributed by atoms with E-state index in [4.69, 9.17) is 4.74 Å². The number of hydrogen-bond acceptors (Lipinski definition) is 5. The molecule has 0 radical (unpaired) electrons. The maximum Gasteiger partial charge on any atom is 0.160 e. The van der Waals surface area contributed by atoms with Crippen molar-refractivity contribution in [1.29, 1.82) is 0 Å². The number of hydrogen-bond donors (Lipinski definition) is 3. The van der Waals surface area contributed by atoms with Gasteiger partial charge in [0.2, 0.25) is 0 Å². The van der Waals surface area contributed by atoms with Gasteiger partial charge < -0.3 is 20.3 Å². The predicted octanol–water partition coefficient (Wildman–Crippen LogP) is 3.96. The molecule has 5 nitrogen and oxygen atoms in total. The zero-order valence-electron chi connectivity index (χ0n) is 19.4. The highest BCUT2D eigenvalue weighted by atomic mass is 16.5. The Morgan fingerprint density at radius 1 is 1.20 bits per heavy atom. The third kappa shape index (κ3) is 5.49. The van der Waals surface area contributed by atoms with Gasteiger partial charge in [0.05, 0.1) is 12.7 Å². The summed E-state index contributed by atoms with van der Waals surface area (Å²) >= 11 is 0. The van der Waals surface area contributed by atoms with Crippen LogP contribution < -0.4 is 10.1 Å². The van der Waals surface area contributed by atoms with E-state index in [0.29, 0.717) is 23.8 Å². The Balaban J connectivity index is 0.000000199.